The molecule has 1 aliphatic rings. The molecule has 0 spiro atoms. The van der Waals surface area contributed by atoms with E-state index < -0.39 is 24.2 Å². The van der Waals surface area contributed by atoms with Gasteiger partial charge in [-0.3, -0.25) is 4.79 Å². The van der Waals surface area contributed by atoms with E-state index in [4.69, 9.17) is 4.74 Å². The molecule has 0 radical (unpaired) electrons. The van der Waals surface area contributed by atoms with Gasteiger partial charge in [-0.2, -0.15) is 0 Å². The number of ether oxygens (including phenoxy) is 2. The van der Waals surface area contributed by atoms with Crippen molar-refractivity contribution in [2.45, 2.75) is 37.7 Å². The third-order valence-electron chi connectivity index (χ3n) is 3.42. The molecule has 1 amide bonds. The molecule has 1 aromatic rings. The van der Waals surface area contributed by atoms with Crippen LogP contribution in [0.1, 0.15) is 12.5 Å². The molecule has 0 aromatic heterocycles. The number of benzene rings is 1. The molecule has 1 aromatic carbocycles. The first-order valence-corrected chi connectivity index (χ1v) is 6.78. The minimum Gasteiger partial charge on any atom is -0.467 e. The Hall–Kier alpha value is -1.92. The zero-order chi connectivity index (χ0) is 15.4. The predicted molar refractivity (Wildman–Crippen MR) is 74.4 cm³/mol. The second kappa shape index (κ2) is 6.69. The van der Waals surface area contributed by atoms with Crippen molar-refractivity contribution >= 4 is 11.9 Å². The Morgan fingerprint density at radius 2 is 2.00 bits per heavy atom. The van der Waals surface area contributed by atoms with Gasteiger partial charge in [0.1, 0.15) is 0 Å². The monoisotopic (exact) mass is 293 g/mol. The highest BCUT2D eigenvalue weighted by Gasteiger charge is 2.42. The number of hydrogen-bond acceptors (Lipinski definition) is 5. The van der Waals surface area contributed by atoms with Crippen LogP contribution in [-0.4, -0.2) is 48.4 Å². The Morgan fingerprint density at radius 1 is 1.38 bits per heavy atom. The number of methoxy groups -OCH3 is 1. The van der Waals surface area contributed by atoms with Crippen molar-refractivity contribution in [2.75, 3.05) is 7.11 Å². The van der Waals surface area contributed by atoms with Gasteiger partial charge in [-0.15, -0.1) is 0 Å². The minimum atomic E-state index is -1.42. The van der Waals surface area contributed by atoms with Crippen molar-refractivity contribution in [1.82, 2.24) is 5.32 Å². The van der Waals surface area contributed by atoms with Crippen molar-refractivity contribution in [2.24, 2.45) is 0 Å². The van der Waals surface area contributed by atoms with E-state index in [2.05, 4.69) is 10.1 Å². The summed E-state index contributed by atoms with van der Waals surface area (Å²) in [6.45, 7) is 1.78. The first-order valence-electron chi connectivity index (χ1n) is 6.78. The Kier molecular flexibility index (Phi) is 4.93. The summed E-state index contributed by atoms with van der Waals surface area (Å²) in [5, 5.41) is 12.7. The highest BCUT2D eigenvalue weighted by Crippen LogP contribution is 2.21. The zero-order valence-corrected chi connectivity index (χ0v) is 12.0. The molecule has 21 heavy (non-hydrogen) atoms. The van der Waals surface area contributed by atoms with Gasteiger partial charge in [0.25, 0.3) is 5.91 Å². The molecule has 4 atom stereocenters. The molecule has 1 heterocycles. The van der Waals surface area contributed by atoms with Crippen LogP contribution in [0, 0.1) is 0 Å². The van der Waals surface area contributed by atoms with Gasteiger partial charge < -0.3 is 19.9 Å². The number of rotatable bonds is 6. The highest BCUT2D eigenvalue weighted by molar-refractivity contribution is 5.85. The van der Waals surface area contributed by atoms with Crippen molar-refractivity contribution in [3.05, 3.63) is 35.9 Å². The molecule has 2 rings (SSSR count). The first kappa shape index (κ1) is 15.5. The number of aliphatic hydroxyl groups excluding tert-OH is 1. The van der Waals surface area contributed by atoms with Gasteiger partial charge in [-0.25, -0.2) is 4.79 Å². The predicted octanol–water partition coefficient (Wildman–Crippen LogP) is 0.0351. The summed E-state index contributed by atoms with van der Waals surface area (Å²) in [6.07, 6.45) is -1.73. The van der Waals surface area contributed by atoms with Crippen LogP contribution in [0.15, 0.2) is 30.3 Å². The van der Waals surface area contributed by atoms with Gasteiger partial charge in [0, 0.05) is 0 Å². The Labute approximate surface area is 123 Å². The molecule has 1 fully saturated rings. The van der Waals surface area contributed by atoms with Crippen molar-refractivity contribution in [3.63, 3.8) is 0 Å². The highest BCUT2D eigenvalue weighted by atomic mass is 16.6. The van der Waals surface area contributed by atoms with Gasteiger partial charge >= 0.3 is 5.97 Å². The van der Waals surface area contributed by atoms with Gasteiger partial charge in [-0.05, 0) is 18.9 Å². The Morgan fingerprint density at radius 3 is 2.52 bits per heavy atom. The number of epoxide rings is 1. The summed E-state index contributed by atoms with van der Waals surface area (Å²) in [4.78, 5) is 23.5. The number of carbonyl (C=O) groups excluding carboxylic acids is 2. The largest absolute Gasteiger partial charge is 0.467 e. The third-order valence-corrected chi connectivity index (χ3v) is 3.42. The van der Waals surface area contributed by atoms with Crippen LogP contribution >= 0.6 is 0 Å². The van der Waals surface area contributed by atoms with E-state index in [1.807, 2.05) is 30.3 Å². The van der Waals surface area contributed by atoms with E-state index in [1.165, 1.54) is 7.11 Å². The van der Waals surface area contributed by atoms with Crippen LogP contribution in [0.2, 0.25) is 0 Å². The molecule has 2 N–H and O–H groups in total. The number of hydrogen-bond donors (Lipinski definition) is 2. The van der Waals surface area contributed by atoms with E-state index >= 15 is 0 Å². The summed E-state index contributed by atoms with van der Waals surface area (Å²) >= 11 is 0. The summed E-state index contributed by atoms with van der Waals surface area (Å²) in [5.41, 5.74) is 0.899. The summed E-state index contributed by atoms with van der Waals surface area (Å²) in [7, 11) is 1.19. The molecule has 1 saturated heterocycles. The number of carbonyl (C=O) groups is 2. The van der Waals surface area contributed by atoms with E-state index in [0.29, 0.717) is 6.42 Å². The molecule has 1 aliphatic heterocycles. The van der Waals surface area contributed by atoms with Crippen LogP contribution in [0.3, 0.4) is 0 Å². The number of nitrogens with one attached hydrogen (secondary N) is 1. The number of esters is 1. The van der Waals surface area contributed by atoms with E-state index in [1.54, 1.807) is 6.92 Å². The fourth-order valence-corrected chi connectivity index (χ4v) is 2.12. The molecule has 0 saturated carbocycles. The Bertz CT molecular complexity index is 504. The van der Waals surface area contributed by atoms with Crippen LogP contribution in [0.25, 0.3) is 0 Å². The normalized spacial score (nSPS) is 23.0. The summed E-state index contributed by atoms with van der Waals surface area (Å²) in [6, 6.07) is 8.53. The average Bonchev–Trinajstić information content (AvgIpc) is 3.23. The van der Waals surface area contributed by atoms with Crippen molar-refractivity contribution in [3.8, 4) is 0 Å². The molecule has 1 unspecified atom stereocenters. The van der Waals surface area contributed by atoms with E-state index in [0.717, 1.165) is 5.56 Å². The van der Waals surface area contributed by atoms with Crippen LogP contribution < -0.4 is 5.32 Å². The lowest BCUT2D eigenvalue weighted by molar-refractivity contribution is -0.152. The fraction of sp³-hybridized carbons (Fsp3) is 0.467. The second-order valence-electron chi connectivity index (χ2n) is 5.03. The van der Waals surface area contributed by atoms with Gasteiger partial charge in [0.05, 0.1) is 19.3 Å². The molecular formula is C15H19NO5. The molecule has 0 bridgehead atoms. The number of amides is 1. The first-order chi connectivity index (χ1) is 10.0. The Balaban J connectivity index is 2.06. The van der Waals surface area contributed by atoms with E-state index in [9.17, 15) is 14.7 Å². The smallest absolute Gasteiger partial charge is 0.336 e. The average molecular weight is 293 g/mol. The number of aliphatic hydroxyl groups is 1. The lowest BCUT2D eigenvalue weighted by Crippen LogP contribution is -2.50. The third kappa shape index (κ3) is 4.03. The zero-order valence-electron chi connectivity index (χ0n) is 12.0. The summed E-state index contributed by atoms with van der Waals surface area (Å²) in [5.74, 6) is -1.10. The molecular weight excluding hydrogens is 274 g/mol. The topological polar surface area (TPSA) is 88.2 Å². The van der Waals surface area contributed by atoms with Gasteiger partial charge in [0.15, 0.2) is 12.2 Å². The maximum absolute atomic E-state index is 11.9. The van der Waals surface area contributed by atoms with Gasteiger partial charge in [-0.1, -0.05) is 30.3 Å². The fourth-order valence-electron chi connectivity index (χ4n) is 2.12. The lowest BCUT2D eigenvalue weighted by Gasteiger charge is -2.22. The minimum absolute atomic E-state index is 0.127. The van der Waals surface area contributed by atoms with Crippen LogP contribution in [-0.2, 0) is 25.5 Å². The SMILES string of the molecule is COC(=O)C(O)[C@H](Cc1ccccc1)NC(=O)[C@@H]1O[C@H]1C. The summed E-state index contributed by atoms with van der Waals surface area (Å²) < 4.78 is 9.62. The maximum Gasteiger partial charge on any atom is 0.336 e. The van der Waals surface area contributed by atoms with Crippen molar-refractivity contribution in [1.29, 1.82) is 0 Å². The molecule has 6 nitrogen and oxygen atoms in total. The van der Waals surface area contributed by atoms with E-state index in [-0.39, 0.29) is 12.0 Å². The second-order valence-corrected chi connectivity index (χ2v) is 5.03. The molecule has 6 heteroatoms. The quantitative estimate of drug-likeness (QED) is 0.571. The lowest BCUT2D eigenvalue weighted by atomic mass is 10.0. The van der Waals surface area contributed by atoms with Crippen molar-refractivity contribution < 1.29 is 24.2 Å². The molecule has 0 aliphatic carbocycles. The standard InChI is InChI=1S/C15H19NO5/c1-9-13(21-9)14(18)16-11(12(17)15(19)20-2)8-10-6-4-3-5-7-10/h3-7,9,11-13,17H,8H2,1-2H3,(H,16,18)/t9-,11-,12?,13+/m0/s1. The van der Waals surface area contributed by atoms with Crippen LogP contribution in [0.4, 0.5) is 0 Å². The van der Waals surface area contributed by atoms with Gasteiger partial charge in [0.2, 0.25) is 0 Å². The maximum atomic E-state index is 11.9. The molecule has 114 valence electrons. The van der Waals surface area contributed by atoms with Crippen LogP contribution in [0.5, 0.6) is 0 Å².